The number of hydrogen-bond acceptors (Lipinski definition) is 2. The predicted octanol–water partition coefficient (Wildman–Crippen LogP) is -0.576. The summed E-state index contributed by atoms with van der Waals surface area (Å²) in [4.78, 5) is 0. The molecule has 0 aliphatic rings. The third kappa shape index (κ3) is 2.38. The van der Waals surface area contributed by atoms with Gasteiger partial charge in [0.25, 0.3) is 0 Å². The fourth-order valence-electron chi connectivity index (χ4n) is 0.167. The molecule has 1 aromatic rings. The van der Waals surface area contributed by atoms with E-state index in [1.807, 2.05) is 0 Å². The van der Waals surface area contributed by atoms with Crippen LogP contribution in [0.15, 0.2) is 12.4 Å². The van der Waals surface area contributed by atoms with E-state index in [1.165, 1.54) is 0 Å². The van der Waals surface area contributed by atoms with Gasteiger partial charge >= 0.3 is 0 Å². The number of aromatic nitrogens is 3. The molecule has 4 heteroatoms. The molecule has 1 heterocycles. The molecule has 0 saturated heterocycles. The third-order valence-electron chi connectivity index (χ3n) is 0.331. The Labute approximate surface area is 94.3 Å². The molecular formula is C2H3CsN3. The van der Waals surface area contributed by atoms with E-state index >= 15 is 0 Å². The van der Waals surface area contributed by atoms with Gasteiger partial charge in [-0.15, -0.1) is 0 Å². The van der Waals surface area contributed by atoms with E-state index < -0.39 is 0 Å². The first-order valence-electron chi connectivity index (χ1n) is 1.30. The molecule has 3 nitrogen and oxygen atoms in total. The Morgan fingerprint density at radius 3 is 1.83 bits per heavy atom. The minimum atomic E-state index is 0. The summed E-state index contributed by atoms with van der Waals surface area (Å²) in [6, 6.07) is 0. The van der Waals surface area contributed by atoms with Crippen LogP contribution in [-0.4, -0.2) is 84.3 Å². The second kappa shape index (κ2) is 4.35. The van der Waals surface area contributed by atoms with Crippen LogP contribution in [0.25, 0.3) is 0 Å². The van der Waals surface area contributed by atoms with Crippen molar-refractivity contribution in [1.29, 1.82) is 0 Å². The molecule has 0 aliphatic carbocycles. The molecule has 6 heavy (non-hydrogen) atoms. The summed E-state index contributed by atoms with van der Waals surface area (Å²) in [5.41, 5.74) is 0. The van der Waals surface area contributed by atoms with Crippen LogP contribution < -0.4 is 0 Å². The average molecular weight is 202 g/mol. The molecule has 0 spiro atoms. The molecule has 1 rings (SSSR count). The summed E-state index contributed by atoms with van der Waals surface area (Å²) >= 11 is 0. The first-order chi connectivity index (χ1) is 2.50. The Morgan fingerprint density at radius 2 is 1.67 bits per heavy atom. The van der Waals surface area contributed by atoms with Crippen LogP contribution in [0.2, 0.25) is 0 Å². The van der Waals surface area contributed by atoms with Crippen LogP contribution in [0, 0.1) is 0 Å². The standard InChI is InChI=1S/C2H3N3.Cs/c1-2-4-5-3-1;/h1-2H,(H,3,4,5);. The normalized spacial score (nSPS) is 6.67. The Bertz CT molecular complexity index is 65.3. The quantitative estimate of drug-likeness (QED) is 0.611. The molecule has 0 amide bonds. The molecule has 1 aromatic heterocycles. The van der Waals surface area contributed by atoms with E-state index in [0.717, 1.165) is 0 Å². The van der Waals surface area contributed by atoms with Crippen LogP contribution in [0.1, 0.15) is 0 Å². The largest absolute Gasteiger partial charge is 0.198 e. The molecule has 0 saturated carbocycles. The van der Waals surface area contributed by atoms with E-state index in [-0.39, 0.29) is 68.9 Å². The molecule has 0 atom stereocenters. The van der Waals surface area contributed by atoms with Crippen molar-refractivity contribution >= 4 is 68.9 Å². The van der Waals surface area contributed by atoms with Crippen LogP contribution in [0.3, 0.4) is 0 Å². The number of nitrogens with one attached hydrogen (secondary N) is 1. The monoisotopic (exact) mass is 202 g/mol. The summed E-state index contributed by atoms with van der Waals surface area (Å²) in [6.45, 7) is 0. The predicted molar refractivity (Wildman–Crippen MR) is 22.1 cm³/mol. The smallest absolute Gasteiger partial charge is 0.0690 e. The van der Waals surface area contributed by atoms with E-state index in [1.54, 1.807) is 12.4 Å². The van der Waals surface area contributed by atoms with Crippen molar-refractivity contribution in [3.8, 4) is 0 Å². The Hall–Kier alpha value is 1.19. The van der Waals surface area contributed by atoms with Crippen molar-refractivity contribution in [3.05, 3.63) is 12.4 Å². The van der Waals surface area contributed by atoms with Gasteiger partial charge in [-0.1, -0.05) is 0 Å². The van der Waals surface area contributed by atoms with Crippen molar-refractivity contribution < 1.29 is 0 Å². The maximum absolute atomic E-state index is 3.49. The summed E-state index contributed by atoms with van der Waals surface area (Å²) in [7, 11) is 0. The molecule has 0 aliphatic heterocycles. The minimum absolute atomic E-state index is 0. The zero-order valence-electron chi connectivity index (χ0n) is 3.55. The number of rotatable bonds is 0. The molecule has 0 fully saturated rings. The van der Waals surface area contributed by atoms with Crippen molar-refractivity contribution in [2.75, 3.05) is 0 Å². The van der Waals surface area contributed by atoms with Gasteiger partial charge in [0.05, 0.1) is 12.4 Å². The fourth-order valence-corrected chi connectivity index (χ4v) is 0.167. The zero-order chi connectivity index (χ0) is 3.54. The van der Waals surface area contributed by atoms with Crippen LogP contribution in [-0.2, 0) is 0 Å². The number of nitrogens with zero attached hydrogens (tertiary/aromatic N) is 2. The molecule has 0 bridgehead atoms. The van der Waals surface area contributed by atoms with Gasteiger partial charge in [-0.25, -0.2) is 0 Å². The first-order valence-corrected chi connectivity index (χ1v) is 1.30. The fraction of sp³-hybridized carbons (Fsp3) is 0. The summed E-state index contributed by atoms with van der Waals surface area (Å²) in [6.07, 6.45) is 3.17. The number of H-pyrrole nitrogens is 1. The summed E-state index contributed by atoms with van der Waals surface area (Å²) in [5.74, 6) is 0. The van der Waals surface area contributed by atoms with Gasteiger partial charge in [-0.2, -0.15) is 15.4 Å². The molecule has 0 aromatic carbocycles. The topological polar surface area (TPSA) is 41.6 Å². The van der Waals surface area contributed by atoms with E-state index in [9.17, 15) is 0 Å². The molecular weight excluding hydrogens is 199 g/mol. The number of aromatic amines is 1. The van der Waals surface area contributed by atoms with E-state index in [0.29, 0.717) is 0 Å². The SMILES string of the molecule is [Cs].c1cn[nH]n1. The maximum atomic E-state index is 3.49. The Kier molecular flexibility index (Phi) is 5.22. The van der Waals surface area contributed by atoms with Gasteiger partial charge in [0.2, 0.25) is 0 Å². The summed E-state index contributed by atoms with van der Waals surface area (Å²) < 4.78 is 0. The van der Waals surface area contributed by atoms with Crippen molar-refractivity contribution in [2.45, 2.75) is 0 Å². The van der Waals surface area contributed by atoms with Crippen LogP contribution in [0.4, 0.5) is 0 Å². The Morgan fingerprint density at radius 1 is 1.17 bits per heavy atom. The molecule has 1 N–H and O–H groups in total. The van der Waals surface area contributed by atoms with Crippen molar-refractivity contribution in [1.82, 2.24) is 15.4 Å². The first kappa shape index (κ1) is 7.19. The van der Waals surface area contributed by atoms with Gasteiger partial charge in [-0.05, 0) is 0 Å². The third-order valence-corrected chi connectivity index (χ3v) is 0.331. The van der Waals surface area contributed by atoms with Gasteiger partial charge < -0.3 is 0 Å². The van der Waals surface area contributed by atoms with Gasteiger partial charge in [-0.3, -0.25) is 0 Å². The van der Waals surface area contributed by atoms with E-state index in [2.05, 4.69) is 15.4 Å². The minimum Gasteiger partial charge on any atom is -0.198 e. The van der Waals surface area contributed by atoms with Crippen LogP contribution >= 0.6 is 0 Å². The Balaban J connectivity index is 0.000000250. The second-order valence-corrected chi connectivity index (χ2v) is 0.656. The van der Waals surface area contributed by atoms with Gasteiger partial charge in [0.1, 0.15) is 0 Å². The van der Waals surface area contributed by atoms with Gasteiger partial charge in [0.15, 0.2) is 0 Å². The van der Waals surface area contributed by atoms with Crippen molar-refractivity contribution in [2.24, 2.45) is 0 Å². The number of hydrogen-bond donors (Lipinski definition) is 1. The molecule has 0 unspecified atom stereocenters. The second-order valence-electron chi connectivity index (χ2n) is 0.656. The summed E-state index contributed by atoms with van der Waals surface area (Å²) in [5, 5.41) is 9.33. The van der Waals surface area contributed by atoms with Gasteiger partial charge in [0, 0.05) is 68.9 Å². The van der Waals surface area contributed by atoms with Crippen molar-refractivity contribution in [3.63, 3.8) is 0 Å². The zero-order valence-corrected chi connectivity index (χ0v) is 9.83. The van der Waals surface area contributed by atoms with Crippen LogP contribution in [0.5, 0.6) is 0 Å². The van der Waals surface area contributed by atoms with E-state index in [4.69, 9.17) is 0 Å². The maximum Gasteiger partial charge on any atom is 0.0690 e. The molecule has 27 valence electrons. The molecule has 1 radical (unpaired) electrons. The average Bonchev–Trinajstić information content (AvgIpc) is 1.76.